The van der Waals surface area contributed by atoms with Gasteiger partial charge in [-0.3, -0.25) is 9.78 Å². The zero-order valence-electron chi connectivity index (χ0n) is 10.9. The lowest BCUT2D eigenvalue weighted by Gasteiger charge is -2.24. The van der Waals surface area contributed by atoms with Crippen LogP contribution in [0.4, 0.5) is 11.4 Å². The van der Waals surface area contributed by atoms with Gasteiger partial charge in [-0.25, -0.2) is 0 Å². The second-order valence-corrected chi connectivity index (χ2v) is 4.82. The van der Waals surface area contributed by atoms with Crippen LogP contribution in [0.3, 0.4) is 0 Å². The van der Waals surface area contributed by atoms with Crippen LogP contribution in [0.5, 0.6) is 0 Å². The molecule has 0 spiro atoms. The van der Waals surface area contributed by atoms with Gasteiger partial charge in [0, 0.05) is 19.3 Å². The molecule has 0 bridgehead atoms. The Morgan fingerprint density at radius 1 is 1.50 bits per heavy atom. The van der Waals surface area contributed by atoms with Crippen LogP contribution in [-0.2, 0) is 4.79 Å². The molecule has 5 nitrogen and oxygen atoms in total. The van der Waals surface area contributed by atoms with Crippen LogP contribution in [0.15, 0.2) is 16.9 Å². The second-order valence-electron chi connectivity index (χ2n) is 3.96. The molecule has 1 aromatic rings. The maximum atomic E-state index is 12.1. The maximum Gasteiger partial charge on any atom is 0.244 e. The standard InChI is InChI=1S/C12H19BrN4O/c1-4-17(5-2)12(18)8(3)16-11-9(13)6-15-7-10(11)14/h6-8H,4-5,14H2,1-3H3,(H,15,16). The summed E-state index contributed by atoms with van der Waals surface area (Å²) in [5, 5.41) is 3.12. The Labute approximate surface area is 116 Å². The summed E-state index contributed by atoms with van der Waals surface area (Å²) in [7, 11) is 0. The Kier molecular flexibility index (Phi) is 5.40. The Morgan fingerprint density at radius 2 is 2.11 bits per heavy atom. The average Bonchev–Trinajstić information content (AvgIpc) is 2.35. The average molecular weight is 315 g/mol. The molecule has 0 aliphatic heterocycles. The number of halogens is 1. The first-order valence-electron chi connectivity index (χ1n) is 5.95. The van der Waals surface area contributed by atoms with Crippen molar-refractivity contribution < 1.29 is 4.79 Å². The summed E-state index contributed by atoms with van der Waals surface area (Å²) in [6.07, 6.45) is 3.20. The highest BCUT2D eigenvalue weighted by atomic mass is 79.9. The van der Waals surface area contributed by atoms with Gasteiger partial charge >= 0.3 is 0 Å². The summed E-state index contributed by atoms with van der Waals surface area (Å²) in [5.41, 5.74) is 7.05. The molecule has 1 heterocycles. The molecule has 1 atom stereocenters. The molecule has 0 saturated heterocycles. The number of nitrogen functional groups attached to an aromatic ring is 1. The van der Waals surface area contributed by atoms with E-state index in [0.29, 0.717) is 24.5 Å². The van der Waals surface area contributed by atoms with Crippen LogP contribution < -0.4 is 11.1 Å². The molecule has 100 valence electrons. The Bertz CT molecular complexity index is 400. The minimum Gasteiger partial charge on any atom is -0.396 e. The van der Waals surface area contributed by atoms with E-state index in [2.05, 4.69) is 26.2 Å². The number of hydrogen-bond acceptors (Lipinski definition) is 4. The fraction of sp³-hybridized carbons (Fsp3) is 0.500. The number of nitrogens with zero attached hydrogens (tertiary/aromatic N) is 2. The van der Waals surface area contributed by atoms with Crippen LogP contribution in [0.1, 0.15) is 20.8 Å². The summed E-state index contributed by atoms with van der Waals surface area (Å²) in [6.45, 7) is 7.16. The van der Waals surface area contributed by atoms with E-state index in [1.54, 1.807) is 17.3 Å². The van der Waals surface area contributed by atoms with Gasteiger partial charge in [-0.05, 0) is 36.7 Å². The third-order valence-electron chi connectivity index (χ3n) is 2.74. The summed E-state index contributed by atoms with van der Waals surface area (Å²) in [6, 6.07) is -0.328. The van der Waals surface area contributed by atoms with Gasteiger partial charge in [-0.2, -0.15) is 0 Å². The van der Waals surface area contributed by atoms with Gasteiger partial charge in [0.05, 0.1) is 22.0 Å². The van der Waals surface area contributed by atoms with Crippen LogP contribution in [0.25, 0.3) is 0 Å². The van der Waals surface area contributed by atoms with Gasteiger partial charge in [0.15, 0.2) is 0 Å². The zero-order valence-corrected chi connectivity index (χ0v) is 12.5. The molecule has 3 N–H and O–H groups in total. The number of nitrogens with one attached hydrogen (secondary N) is 1. The highest BCUT2D eigenvalue weighted by Crippen LogP contribution is 2.27. The molecular weight excluding hydrogens is 296 g/mol. The quantitative estimate of drug-likeness (QED) is 0.873. The van der Waals surface area contributed by atoms with E-state index in [4.69, 9.17) is 5.73 Å². The van der Waals surface area contributed by atoms with Gasteiger partial charge < -0.3 is 16.0 Å². The second kappa shape index (κ2) is 6.58. The number of likely N-dealkylation sites (N-methyl/N-ethyl adjacent to an activating group) is 1. The molecule has 1 unspecified atom stereocenters. The lowest BCUT2D eigenvalue weighted by molar-refractivity contribution is -0.131. The first kappa shape index (κ1) is 14.8. The molecule has 1 rings (SSSR count). The van der Waals surface area contributed by atoms with Crippen LogP contribution in [0, 0.1) is 0 Å². The van der Waals surface area contributed by atoms with Crippen molar-refractivity contribution >= 4 is 33.2 Å². The SMILES string of the molecule is CCN(CC)C(=O)C(C)Nc1c(N)cncc1Br. The van der Waals surface area contributed by atoms with E-state index in [1.165, 1.54) is 0 Å². The molecule has 0 radical (unpaired) electrons. The first-order valence-corrected chi connectivity index (χ1v) is 6.74. The van der Waals surface area contributed by atoms with Gasteiger partial charge in [0.2, 0.25) is 5.91 Å². The van der Waals surface area contributed by atoms with Crippen LogP contribution in [-0.4, -0.2) is 34.9 Å². The summed E-state index contributed by atoms with van der Waals surface area (Å²) < 4.78 is 0.752. The number of rotatable bonds is 5. The third-order valence-corrected chi connectivity index (χ3v) is 3.34. The molecule has 0 aliphatic carbocycles. The smallest absolute Gasteiger partial charge is 0.244 e. The fourth-order valence-corrected chi connectivity index (χ4v) is 2.15. The van der Waals surface area contributed by atoms with Crippen molar-refractivity contribution in [3.8, 4) is 0 Å². The largest absolute Gasteiger partial charge is 0.396 e. The highest BCUT2D eigenvalue weighted by Gasteiger charge is 2.19. The van der Waals surface area contributed by atoms with E-state index in [1.807, 2.05) is 20.8 Å². The predicted molar refractivity (Wildman–Crippen MR) is 77.4 cm³/mol. The summed E-state index contributed by atoms with van der Waals surface area (Å²) >= 11 is 3.37. The van der Waals surface area contributed by atoms with Crippen molar-refractivity contribution in [3.05, 3.63) is 16.9 Å². The lowest BCUT2D eigenvalue weighted by atomic mass is 10.2. The number of carbonyl (C=O) groups is 1. The van der Waals surface area contributed by atoms with Crippen LogP contribution >= 0.6 is 15.9 Å². The predicted octanol–water partition coefficient (Wildman–Crippen LogP) is 2.10. The van der Waals surface area contributed by atoms with E-state index in [-0.39, 0.29) is 11.9 Å². The molecule has 1 amide bonds. The number of anilines is 2. The normalized spacial score (nSPS) is 12.0. The third kappa shape index (κ3) is 3.35. The molecule has 6 heteroatoms. The molecule has 1 aromatic heterocycles. The molecule has 18 heavy (non-hydrogen) atoms. The number of amides is 1. The van der Waals surface area contributed by atoms with Crippen molar-refractivity contribution in [2.24, 2.45) is 0 Å². The minimum atomic E-state index is -0.328. The first-order chi connectivity index (χ1) is 8.51. The number of nitrogens with two attached hydrogens (primary N) is 1. The van der Waals surface area contributed by atoms with E-state index in [0.717, 1.165) is 4.47 Å². The van der Waals surface area contributed by atoms with E-state index >= 15 is 0 Å². The van der Waals surface area contributed by atoms with Gasteiger partial charge in [-0.1, -0.05) is 0 Å². The van der Waals surface area contributed by atoms with Gasteiger partial charge in [-0.15, -0.1) is 0 Å². The van der Waals surface area contributed by atoms with Gasteiger partial charge in [0.25, 0.3) is 0 Å². The summed E-state index contributed by atoms with van der Waals surface area (Å²) in [5.74, 6) is 0.0584. The van der Waals surface area contributed by atoms with E-state index in [9.17, 15) is 4.79 Å². The zero-order chi connectivity index (χ0) is 13.7. The minimum absolute atomic E-state index is 0.0584. The Hall–Kier alpha value is -1.30. The number of carbonyl (C=O) groups excluding carboxylic acids is 1. The molecule has 0 aromatic carbocycles. The van der Waals surface area contributed by atoms with Crippen molar-refractivity contribution in [2.45, 2.75) is 26.8 Å². The Balaban J connectivity index is 2.81. The summed E-state index contributed by atoms with van der Waals surface area (Å²) in [4.78, 5) is 17.9. The fourth-order valence-electron chi connectivity index (χ4n) is 1.69. The highest BCUT2D eigenvalue weighted by molar-refractivity contribution is 9.10. The molecule has 0 fully saturated rings. The van der Waals surface area contributed by atoms with E-state index < -0.39 is 0 Å². The van der Waals surface area contributed by atoms with Crippen LogP contribution in [0.2, 0.25) is 0 Å². The van der Waals surface area contributed by atoms with Crippen molar-refractivity contribution in [3.63, 3.8) is 0 Å². The topological polar surface area (TPSA) is 71.2 Å². The molecular formula is C12H19BrN4O. The monoisotopic (exact) mass is 314 g/mol. The number of pyridine rings is 1. The number of aromatic nitrogens is 1. The van der Waals surface area contributed by atoms with Crippen molar-refractivity contribution in [2.75, 3.05) is 24.1 Å². The maximum absolute atomic E-state index is 12.1. The molecule has 0 aliphatic rings. The van der Waals surface area contributed by atoms with Crippen molar-refractivity contribution in [1.29, 1.82) is 0 Å². The molecule has 0 saturated carbocycles. The van der Waals surface area contributed by atoms with Crippen molar-refractivity contribution in [1.82, 2.24) is 9.88 Å². The lowest BCUT2D eigenvalue weighted by Crippen LogP contribution is -2.41. The Morgan fingerprint density at radius 3 is 2.61 bits per heavy atom. The number of hydrogen-bond donors (Lipinski definition) is 2. The van der Waals surface area contributed by atoms with Gasteiger partial charge in [0.1, 0.15) is 6.04 Å².